The zero-order valence-electron chi connectivity index (χ0n) is 6.55. The van der Waals surface area contributed by atoms with Crippen molar-refractivity contribution in [1.29, 1.82) is 0 Å². The van der Waals surface area contributed by atoms with Gasteiger partial charge in [0.25, 0.3) is 0 Å². The van der Waals surface area contributed by atoms with Crippen LogP contribution in [0.3, 0.4) is 0 Å². The molecule has 0 radical (unpaired) electrons. The molecule has 0 aliphatic heterocycles. The minimum absolute atomic E-state index is 0.306. The van der Waals surface area contributed by atoms with Gasteiger partial charge in [0.1, 0.15) is 0 Å². The van der Waals surface area contributed by atoms with E-state index in [0.29, 0.717) is 12.0 Å². The molecule has 2 heteroatoms. The van der Waals surface area contributed by atoms with Crippen LogP contribution in [0.15, 0.2) is 0 Å². The second-order valence-electron chi connectivity index (χ2n) is 2.34. The van der Waals surface area contributed by atoms with E-state index >= 15 is 0 Å². The zero-order valence-corrected chi connectivity index (χ0v) is 6.55. The summed E-state index contributed by atoms with van der Waals surface area (Å²) in [6.07, 6.45) is 1.41. The number of ether oxygens (including phenoxy) is 1. The van der Waals surface area contributed by atoms with Crippen LogP contribution < -0.4 is 5.73 Å². The van der Waals surface area contributed by atoms with Gasteiger partial charge in [-0.3, -0.25) is 0 Å². The summed E-state index contributed by atoms with van der Waals surface area (Å²) in [6, 6.07) is 0. The summed E-state index contributed by atoms with van der Waals surface area (Å²) in [5.74, 6) is 0.523. The van der Waals surface area contributed by atoms with E-state index in [0.717, 1.165) is 13.0 Å². The molecule has 2 atom stereocenters. The Morgan fingerprint density at radius 1 is 1.56 bits per heavy atom. The van der Waals surface area contributed by atoms with Gasteiger partial charge in [-0.25, -0.2) is 0 Å². The normalized spacial score (nSPS) is 17.3. The summed E-state index contributed by atoms with van der Waals surface area (Å²) in [5, 5.41) is 0. The van der Waals surface area contributed by atoms with Crippen LogP contribution in [-0.2, 0) is 4.74 Å². The van der Waals surface area contributed by atoms with Crippen LogP contribution in [0.25, 0.3) is 0 Å². The van der Waals surface area contributed by atoms with Crippen molar-refractivity contribution in [3.63, 3.8) is 0 Å². The van der Waals surface area contributed by atoms with E-state index in [2.05, 4.69) is 13.8 Å². The van der Waals surface area contributed by atoms with E-state index in [9.17, 15) is 0 Å². The molecule has 0 spiro atoms. The Morgan fingerprint density at radius 2 is 2.11 bits per heavy atom. The summed E-state index contributed by atoms with van der Waals surface area (Å²) in [6.45, 7) is 4.92. The van der Waals surface area contributed by atoms with Crippen LogP contribution in [0, 0.1) is 5.92 Å². The van der Waals surface area contributed by atoms with Crippen molar-refractivity contribution in [2.75, 3.05) is 13.7 Å². The third-order valence-corrected chi connectivity index (χ3v) is 1.86. The van der Waals surface area contributed by atoms with Gasteiger partial charge in [0.2, 0.25) is 0 Å². The Morgan fingerprint density at radius 3 is 2.22 bits per heavy atom. The molecular formula is C7H17NO. The molecule has 0 aromatic rings. The Bertz CT molecular complexity index is 61.9. The maximum atomic E-state index is 5.48. The van der Waals surface area contributed by atoms with Gasteiger partial charge in [0.05, 0.1) is 6.10 Å². The van der Waals surface area contributed by atoms with Gasteiger partial charge >= 0.3 is 0 Å². The fourth-order valence-corrected chi connectivity index (χ4v) is 0.883. The standard InChI is InChI=1S/C7H17NO/c1-4-7(5-8)6(2)9-3/h6-7H,4-5,8H2,1-3H3. The number of nitrogens with two attached hydrogens (primary N) is 1. The van der Waals surface area contributed by atoms with Gasteiger partial charge in [0.15, 0.2) is 0 Å². The largest absolute Gasteiger partial charge is 0.381 e. The van der Waals surface area contributed by atoms with Gasteiger partial charge in [-0.1, -0.05) is 6.92 Å². The molecule has 9 heavy (non-hydrogen) atoms. The summed E-state index contributed by atoms with van der Waals surface area (Å²) < 4.78 is 5.11. The second kappa shape index (κ2) is 4.77. The molecule has 0 rings (SSSR count). The first-order valence-electron chi connectivity index (χ1n) is 3.49. The molecular weight excluding hydrogens is 114 g/mol. The van der Waals surface area contributed by atoms with E-state index in [1.165, 1.54) is 0 Å². The Hall–Kier alpha value is -0.0800. The van der Waals surface area contributed by atoms with Crippen LogP contribution in [0.5, 0.6) is 0 Å². The topological polar surface area (TPSA) is 35.2 Å². The molecule has 0 aromatic carbocycles. The average Bonchev–Trinajstić information content (AvgIpc) is 1.90. The van der Waals surface area contributed by atoms with Gasteiger partial charge in [-0.05, 0) is 25.8 Å². The molecule has 0 saturated carbocycles. The van der Waals surface area contributed by atoms with Crippen LogP contribution in [-0.4, -0.2) is 19.8 Å². The van der Waals surface area contributed by atoms with E-state index in [1.54, 1.807) is 7.11 Å². The van der Waals surface area contributed by atoms with Crippen LogP contribution >= 0.6 is 0 Å². The van der Waals surface area contributed by atoms with Crippen molar-refractivity contribution < 1.29 is 4.74 Å². The molecule has 0 heterocycles. The first kappa shape index (κ1) is 8.92. The monoisotopic (exact) mass is 131 g/mol. The Balaban J connectivity index is 3.50. The Labute approximate surface area is 57.4 Å². The highest BCUT2D eigenvalue weighted by Gasteiger charge is 2.11. The van der Waals surface area contributed by atoms with Crippen molar-refractivity contribution >= 4 is 0 Å². The lowest BCUT2D eigenvalue weighted by atomic mass is 10.0. The fourth-order valence-electron chi connectivity index (χ4n) is 0.883. The lowest BCUT2D eigenvalue weighted by Crippen LogP contribution is -2.26. The molecule has 0 aromatic heterocycles. The van der Waals surface area contributed by atoms with E-state index in [4.69, 9.17) is 10.5 Å². The quantitative estimate of drug-likeness (QED) is 0.618. The Kier molecular flexibility index (Phi) is 4.72. The SMILES string of the molecule is CCC(CN)C(C)OC. The number of hydrogen-bond donors (Lipinski definition) is 1. The lowest BCUT2D eigenvalue weighted by Gasteiger charge is -2.18. The van der Waals surface area contributed by atoms with Crippen molar-refractivity contribution in [3.05, 3.63) is 0 Å². The minimum Gasteiger partial charge on any atom is -0.381 e. The summed E-state index contributed by atoms with van der Waals surface area (Å²) >= 11 is 0. The van der Waals surface area contributed by atoms with E-state index in [1.807, 2.05) is 0 Å². The molecule has 0 aliphatic rings. The van der Waals surface area contributed by atoms with Crippen molar-refractivity contribution in [2.45, 2.75) is 26.4 Å². The van der Waals surface area contributed by atoms with E-state index < -0.39 is 0 Å². The molecule has 0 aliphatic carbocycles. The first-order valence-corrected chi connectivity index (χ1v) is 3.49. The third kappa shape index (κ3) is 2.82. The number of hydrogen-bond acceptors (Lipinski definition) is 2. The van der Waals surface area contributed by atoms with Crippen molar-refractivity contribution in [3.8, 4) is 0 Å². The zero-order chi connectivity index (χ0) is 7.28. The molecule has 56 valence electrons. The summed E-state index contributed by atoms with van der Waals surface area (Å²) in [4.78, 5) is 0. The molecule has 2 nitrogen and oxygen atoms in total. The lowest BCUT2D eigenvalue weighted by molar-refractivity contribution is 0.0684. The van der Waals surface area contributed by atoms with Gasteiger partial charge in [-0.2, -0.15) is 0 Å². The molecule has 2 unspecified atom stereocenters. The fraction of sp³-hybridized carbons (Fsp3) is 1.00. The molecule has 0 fully saturated rings. The predicted octanol–water partition coefficient (Wildman–Crippen LogP) is 1.01. The van der Waals surface area contributed by atoms with Gasteiger partial charge in [0, 0.05) is 7.11 Å². The maximum absolute atomic E-state index is 5.48. The molecule has 0 bridgehead atoms. The molecule has 0 amide bonds. The minimum atomic E-state index is 0.306. The maximum Gasteiger partial charge on any atom is 0.0583 e. The third-order valence-electron chi connectivity index (χ3n) is 1.86. The highest BCUT2D eigenvalue weighted by molar-refractivity contribution is 4.64. The smallest absolute Gasteiger partial charge is 0.0583 e. The number of rotatable bonds is 4. The van der Waals surface area contributed by atoms with Crippen LogP contribution in [0.4, 0.5) is 0 Å². The van der Waals surface area contributed by atoms with Crippen molar-refractivity contribution in [1.82, 2.24) is 0 Å². The van der Waals surface area contributed by atoms with E-state index in [-0.39, 0.29) is 0 Å². The summed E-state index contributed by atoms with van der Waals surface area (Å²) in [7, 11) is 1.73. The second-order valence-corrected chi connectivity index (χ2v) is 2.34. The van der Waals surface area contributed by atoms with Crippen LogP contribution in [0.1, 0.15) is 20.3 Å². The molecule has 2 N–H and O–H groups in total. The highest BCUT2D eigenvalue weighted by Crippen LogP contribution is 2.08. The van der Waals surface area contributed by atoms with Gasteiger partial charge < -0.3 is 10.5 Å². The number of methoxy groups -OCH3 is 1. The van der Waals surface area contributed by atoms with Crippen LogP contribution in [0.2, 0.25) is 0 Å². The molecule has 0 saturated heterocycles. The van der Waals surface area contributed by atoms with Crippen molar-refractivity contribution in [2.24, 2.45) is 11.7 Å². The highest BCUT2D eigenvalue weighted by atomic mass is 16.5. The average molecular weight is 131 g/mol. The predicted molar refractivity (Wildman–Crippen MR) is 39.3 cm³/mol. The first-order chi connectivity index (χ1) is 4.26. The van der Waals surface area contributed by atoms with Gasteiger partial charge in [-0.15, -0.1) is 0 Å². The summed E-state index contributed by atoms with van der Waals surface area (Å²) in [5.41, 5.74) is 5.48.